The molecule has 168 valence electrons. The molecule has 0 fully saturated rings. The van der Waals surface area contributed by atoms with E-state index in [2.05, 4.69) is 21.2 Å². The number of amides is 2. The molecule has 2 aromatic rings. The van der Waals surface area contributed by atoms with E-state index < -0.39 is 6.04 Å². The molecular formula is C24H31BrN2O4. The number of carbonyl (C=O) groups is 2. The molecule has 6 nitrogen and oxygen atoms in total. The van der Waals surface area contributed by atoms with Gasteiger partial charge in [-0.15, -0.1) is 0 Å². The van der Waals surface area contributed by atoms with Gasteiger partial charge in [-0.25, -0.2) is 0 Å². The number of rotatable bonds is 10. The van der Waals surface area contributed by atoms with Gasteiger partial charge in [-0.05, 0) is 68.7 Å². The summed E-state index contributed by atoms with van der Waals surface area (Å²) in [6, 6.07) is 12.4. The predicted octanol–water partition coefficient (Wildman–Crippen LogP) is 4.48. The summed E-state index contributed by atoms with van der Waals surface area (Å²) < 4.78 is 12.0. The van der Waals surface area contributed by atoms with Gasteiger partial charge in [-0.2, -0.15) is 0 Å². The van der Waals surface area contributed by atoms with Crippen molar-refractivity contribution in [1.82, 2.24) is 10.2 Å². The summed E-state index contributed by atoms with van der Waals surface area (Å²) in [4.78, 5) is 27.4. The molecule has 0 aromatic heterocycles. The largest absolute Gasteiger partial charge is 0.497 e. The van der Waals surface area contributed by atoms with Crippen LogP contribution in [0.15, 0.2) is 46.9 Å². The van der Waals surface area contributed by atoms with E-state index in [4.69, 9.17) is 9.47 Å². The Balaban J connectivity index is 2.18. The van der Waals surface area contributed by atoms with Gasteiger partial charge in [0, 0.05) is 17.1 Å². The minimum absolute atomic E-state index is 0.0331. The van der Waals surface area contributed by atoms with Crippen molar-refractivity contribution in [1.29, 1.82) is 0 Å². The number of benzene rings is 2. The Kier molecular flexibility index (Phi) is 9.37. The second-order valence-electron chi connectivity index (χ2n) is 7.57. The number of hydrogen-bond acceptors (Lipinski definition) is 4. The van der Waals surface area contributed by atoms with Gasteiger partial charge in [-0.3, -0.25) is 9.59 Å². The number of hydrogen-bond donors (Lipinski definition) is 1. The molecule has 0 saturated carbocycles. The molecule has 7 heteroatoms. The van der Waals surface area contributed by atoms with Crippen molar-refractivity contribution in [3.63, 3.8) is 0 Å². The lowest BCUT2D eigenvalue weighted by Gasteiger charge is -2.29. The molecule has 2 atom stereocenters. The van der Waals surface area contributed by atoms with E-state index in [1.165, 1.54) is 4.90 Å². The Hall–Kier alpha value is -2.54. The zero-order valence-corrected chi connectivity index (χ0v) is 20.4. The van der Waals surface area contributed by atoms with Crippen molar-refractivity contribution in [2.24, 2.45) is 0 Å². The van der Waals surface area contributed by atoms with Crippen molar-refractivity contribution in [3.8, 4) is 11.5 Å². The zero-order chi connectivity index (χ0) is 23.0. The summed E-state index contributed by atoms with van der Waals surface area (Å²) in [6.45, 7) is 7.75. The summed E-state index contributed by atoms with van der Waals surface area (Å²) in [7, 11) is 1.60. The smallest absolute Gasteiger partial charge is 0.261 e. The monoisotopic (exact) mass is 490 g/mol. The predicted molar refractivity (Wildman–Crippen MR) is 125 cm³/mol. The average molecular weight is 491 g/mol. The number of ether oxygens (including phenoxy) is 2. The molecule has 0 saturated heterocycles. The molecule has 0 bridgehead atoms. The minimum Gasteiger partial charge on any atom is -0.497 e. The summed E-state index contributed by atoms with van der Waals surface area (Å²) in [5.74, 6) is 0.843. The van der Waals surface area contributed by atoms with Crippen LogP contribution in [0.1, 0.15) is 38.3 Å². The lowest BCUT2D eigenvalue weighted by Crippen LogP contribution is -2.50. The van der Waals surface area contributed by atoms with Gasteiger partial charge in [-0.1, -0.05) is 35.0 Å². The fraction of sp³-hybridized carbons (Fsp3) is 0.417. The fourth-order valence-electron chi connectivity index (χ4n) is 2.95. The minimum atomic E-state index is -0.650. The number of nitrogens with one attached hydrogen (secondary N) is 1. The van der Waals surface area contributed by atoms with Crippen molar-refractivity contribution in [2.45, 2.75) is 52.7 Å². The van der Waals surface area contributed by atoms with Crippen LogP contribution in [-0.4, -0.2) is 42.5 Å². The lowest BCUT2D eigenvalue weighted by atomic mass is 10.1. The number of methoxy groups -OCH3 is 1. The van der Waals surface area contributed by atoms with Gasteiger partial charge in [0.2, 0.25) is 5.91 Å². The molecule has 0 aliphatic heterocycles. The van der Waals surface area contributed by atoms with E-state index in [1.807, 2.05) is 57.2 Å². The highest BCUT2D eigenvalue weighted by atomic mass is 79.9. The highest BCUT2D eigenvalue weighted by Crippen LogP contribution is 2.22. The third-order valence-corrected chi connectivity index (χ3v) is 6.04. The molecule has 0 aliphatic carbocycles. The molecule has 0 heterocycles. The normalized spacial score (nSPS) is 12.6. The summed E-state index contributed by atoms with van der Waals surface area (Å²) in [6.07, 6.45) is 0.814. The van der Waals surface area contributed by atoms with Crippen LogP contribution in [0.2, 0.25) is 0 Å². The topological polar surface area (TPSA) is 67.9 Å². The van der Waals surface area contributed by atoms with Gasteiger partial charge in [0.1, 0.15) is 17.5 Å². The maximum atomic E-state index is 13.1. The maximum Gasteiger partial charge on any atom is 0.261 e. The summed E-state index contributed by atoms with van der Waals surface area (Å²) >= 11 is 3.46. The number of aryl methyl sites for hydroxylation is 1. The Bertz CT molecular complexity index is 903. The van der Waals surface area contributed by atoms with Gasteiger partial charge < -0.3 is 19.7 Å². The SMILES string of the molecule is CC[C@H](C)NC(=O)[C@H](C)N(Cc1cccc(OC)c1)C(=O)COc1ccc(Br)c(C)c1. The Morgan fingerprint density at radius 2 is 1.87 bits per heavy atom. The van der Waals surface area contributed by atoms with Crippen LogP contribution in [0.5, 0.6) is 11.5 Å². The van der Waals surface area contributed by atoms with Crippen LogP contribution < -0.4 is 14.8 Å². The first kappa shape index (κ1) is 24.7. The van der Waals surface area contributed by atoms with Crippen LogP contribution in [0.25, 0.3) is 0 Å². The standard InChI is InChI=1S/C24H31BrN2O4/c1-6-17(3)26-24(29)18(4)27(14-19-8-7-9-20(13-19)30-5)23(28)15-31-21-10-11-22(25)16(2)12-21/h7-13,17-18H,6,14-15H2,1-5H3,(H,26,29)/t17-,18-/m0/s1. The summed E-state index contributed by atoms with van der Waals surface area (Å²) in [5.41, 5.74) is 1.88. The number of carbonyl (C=O) groups excluding carboxylic acids is 2. The fourth-order valence-corrected chi connectivity index (χ4v) is 3.20. The Labute approximate surface area is 193 Å². The first-order valence-electron chi connectivity index (χ1n) is 10.4. The van der Waals surface area contributed by atoms with Crippen LogP contribution in [0.3, 0.4) is 0 Å². The quantitative estimate of drug-likeness (QED) is 0.533. The van der Waals surface area contributed by atoms with Crippen molar-refractivity contribution < 1.29 is 19.1 Å². The van der Waals surface area contributed by atoms with Crippen LogP contribution >= 0.6 is 15.9 Å². The molecule has 2 aromatic carbocycles. The zero-order valence-electron chi connectivity index (χ0n) is 18.8. The van der Waals surface area contributed by atoms with Crippen LogP contribution in [-0.2, 0) is 16.1 Å². The Morgan fingerprint density at radius 1 is 1.13 bits per heavy atom. The third-order valence-electron chi connectivity index (χ3n) is 5.15. The van der Waals surface area contributed by atoms with E-state index in [0.717, 1.165) is 22.0 Å². The average Bonchev–Trinajstić information content (AvgIpc) is 2.77. The van der Waals surface area contributed by atoms with Gasteiger partial charge in [0.15, 0.2) is 6.61 Å². The van der Waals surface area contributed by atoms with Crippen LogP contribution in [0.4, 0.5) is 0 Å². The number of nitrogens with zero attached hydrogens (tertiary/aromatic N) is 1. The molecule has 1 N–H and O–H groups in total. The van der Waals surface area contributed by atoms with Gasteiger partial charge >= 0.3 is 0 Å². The molecule has 0 unspecified atom stereocenters. The van der Waals surface area contributed by atoms with Crippen molar-refractivity contribution in [3.05, 3.63) is 58.1 Å². The second kappa shape index (κ2) is 11.7. The van der Waals surface area contributed by atoms with E-state index in [-0.39, 0.29) is 31.0 Å². The maximum absolute atomic E-state index is 13.1. The van der Waals surface area contributed by atoms with Crippen molar-refractivity contribution in [2.75, 3.05) is 13.7 Å². The molecular weight excluding hydrogens is 460 g/mol. The van der Waals surface area contributed by atoms with Crippen molar-refractivity contribution >= 4 is 27.7 Å². The van der Waals surface area contributed by atoms with E-state index >= 15 is 0 Å². The first-order valence-corrected chi connectivity index (χ1v) is 11.2. The molecule has 31 heavy (non-hydrogen) atoms. The highest BCUT2D eigenvalue weighted by Gasteiger charge is 2.27. The Morgan fingerprint density at radius 3 is 2.52 bits per heavy atom. The third kappa shape index (κ3) is 7.28. The van der Waals surface area contributed by atoms with Crippen LogP contribution in [0, 0.1) is 6.92 Å². The molecule has 2 amide bonds. The van der Waals surface area contributed by atoms with E-state index in [0.29, 0.717) is 11.5 Å². The van der Waals surface area contributed by atoms with Gasteiger partial charge in [0.25, 0.3) is 5.91 Å². The molecule has 2 rings (SSSR count). The van der Waals surface area contributed by atoms with E-state index in [1.54, 1.807) is 20.1 Å². The lowest BCUT2D eigenvalue weighted by molar-refractivity contribution is -0.142. The number of halogens is 1. The molecule has 0 spiro atoms. The highest BCUT2D eigenvalue weighted by molar-refractivity contribution is 9.10. The second-order valence-corrected chi connectivity index (χ2v) is 8.42. The van der Waals surface area contributed by atoms with Gasteiger partial charge in [0.05, 0.1) is 7.11 Å². The molecule has 0 aliphatic rings. The molecule has 0 radical (unpaired) electrons. The van der Waals surface area contributed by atoms with E-state index in [9.17, 15) is 9.59 Å². The first-order chi connectivity index (χ1) is 14.7. The summed E-state index contributed by atoms with van der Waals surface area (Å²) in [5, 5.41) is 2.96.